The van der Waals surface area contributed by atoms with Crippen LogP contribution >= 0.6 is 0 Å². The first-order chi connectivity index (χ1) is 47.0. The second kappa shape index (κ2) is 32.2. The van der Waals surface area contributed by atoms with E-state index in [-0.39, 0.29) is 118 Å². The first-order valence-corrected chi connectivity index (χ1v) is 30.7. The number of nitro groups is 1. The molecule has 0 bridgehead atoms. The Morgan fingerprint density at radius 1 is 0.602 bits per heavy atom. The summed E-state index contributed by atoms with van der Waals surface area (Å²) in [6, 6.07) is 45.4. The molecule has 98 heavy (non-hydrogen) atoms. The van der Waals surface area contributed by atoms with Crippen molar-refractivity contribution in [2.45, 2.75) is 85.7 Å². The van der Waals surface area contributed by atoms with Gasteiger partial charge in [-0.3, -0.25) is 58.7 Å². The second-order valence-electron chi connectivity index (χ2n) is 22.9. The number of non-ortho nitro benzene ring substituents is 1. The summed E-state index contributed by atoms with van der Waals surface area (Å²) in [5, 5.41) is 54.4. The lowest BCUT2D eigenvalue weighted by Gasteiger charge is -2.17. The number of nitro benzene ring substituents is 1. The number of aromatic hydroxyl groups is 1. The van der Waals surface area contributed by atoms with Crippen LogP contribution in [0, 0.1) is 15.5 Å². The minimum Gasteiger partial charge on any atom is -0.507 e. The Labute approximate surface area is 560 Å². The summed E-state index contributed by atoms with van der Waals surface area (Å²) < 4.78 is 12.7. The number of phenolic OH excluding ortho intramolecular Hbond substituents is 1. The van der Waals surface area contributed by atoms with E-state index < -0.39 is 52.9 Å². The molecule has 5 amide bonds. The van der Waals surface area contributed by atoms with Crippen molar-refractivity contribution >= 4 is 75.4 Å². The van der Waals surface area contributed by atoms with Crippen LogP contribution in [0.1, 0.15) is 81.8 Å². The molecule has 10 rings (SSSR count). The lowest BCUT2D eigenvalue weighted by molar-refractivity contribution is -0.384. The quantitative estimate of drug-likeness (QED) is 0.00893. The molecule has 0 aliphatic heterocycles. The number of hydrogen-bond donors (Lipinski definition) is 11. The van der Waals surface area contributed by atoms with E-state index in [0.29, 0.717) is 34.2 Å². The number of anilines is 4. The van der Waals surface area contributed by atoms with Gasteiger partial charge in [-0.05, 0) is 104 Å². The molecular formula is C70H70N16O12. The molecule has 13 N–H and O–H groups in total. The Bertz CT molecular complexity index is 4710. The normalized spacial score (nSPS) is 10.8. The summed E-state index contributed by atoms with van der Waals surface area (Å²) in [7, 11) is 0. The molecule has 0 aliphatic carbocycles. The number of ether oxygens (including phenoxy) is 1. The van der Waals surface area contributed by atoms with Gasteiger partial charge >= 0.3 is 6.09 Å². The maximum atomic E-state index is 13.7. The number of nitrogens with two attached hydrogens (primary N) is 2. The van der Waals surface area contributed by atoms with Crippen LogP contribution in [0.5, 0.6) is 5.75 Å². The smallest absolute Gasteiger partial charge is 0.413 e. The van der Waals surface area contributed by atoms with Crippen molar-refractivity contribution in [3.63, 3.8) is 0 Å². The molecule has 0 saturated heterocycles. The molecule has 3 aromatic heterocycles. The fourth-order valence-electron chi connectivity index (χ4n) is 9.92. The number of amides is 5. The number of phenols is 1. The minimum absolute atomic E-state index is 0.00108. The van der Waals surface area contributed by atoms with E-state index in [9.17, 15) is 48.8 Å². The minimum atomic E-state index is -0.854. The summed E-state index contributed by atoms with van der Waals surface area (Å²) >= 11 is 0. The van der Waals surface area contributed by atoms with Gasteiger partial charge in [-0.2, -0.15) is 0 Å². The van der Waals surface area contributed by atoms with Gasteiger partial charge in [0.25, 0.3) is 28.6 Å². The van der Waals surface area contributed by atoms with Crippen molar-refractivity contribution in [1.82, 2.24) is 50.8 Å². The Kier molecular flexibility index (Phi) is 22.8. The highest BCUT2D eigenvalue weighted by atomic mass is 16.6. The molecular weight excluding hydrogens is 1260 g/mol. The van der Waals surface area contributed by atoms with Crippen LogP contribution < -0.4 is 59.8 Å². The average molecular weight is 1330 g/mol. The third-order valence-corrected chi connectivity index (χ3v) is 14.7. The summed E-state index contributed by atoms with van der Waals surface area (Å²) in [5.41, 5.74) is 16.2. The van der Waals surface area contributed by atoms with Gasteiger partial charge in [-0.15, -0.1) is 0 Å². The standard InChI is InChI=1S/C39H40N8O6.C31H30N8O6/c1-24(2)45-36-38(51)47(32(21-43-36)28-16-29(18-30(40)17-28)37(50)44-19-25-9-5-3-6-10-25)22-34(49)42-20-27-13-14-31(33(48)15-27)35(41)46-39(52)53-23-26-11-7-4-8-12-26;1-18(2)36-29-31(42)38(17-27(40)33-15-20-8-9-24-26(10-20)45-37-28(24)32)25(16-34-29)21-11-22(13-23(12-21)39(43)44)30(41)35-14-19-6-4-3-5-7-19/h3-18,21,24,48H,19-20,22-23,40H2,1-2H3,(H,42,49)(H,43,45)(H,44,50)(H2,41,46,52);3-13,16,18H,14-15,17H2,1-2H3,(H2,32,37)(H,33,40)(H,34,36)(H,35,41). The number of nitrogens with one attached hydrogen (secondary N) is 8. The van der Waals surface area contributed by atoms with E-state index >= 15 is 0 Å². The SMILES string of the molecule is CC(C)Nc1ncc(-c2cc(C(=O)NCc3ccccc3)cc([N+](=O)[O-])c2)n(CC(=O)NCc2ccc3c(N)noc3c2)c1=O.CC(C)Nc1ncc(-c2cc(N)cc(C(=O)NCc3ccccc3)c2)n(CC(=O)NCc2ccc(C(=N)NC(=O)OCc3ccccc3)c(O)c2)c1=O. The summed E-state index contributed by atoms with van der Waals surface area (Å²) in [5.74, 6) is -2.33. The number of rotatable bonds is 24. The third-order valence-electron chi connectivity index (χ3n) is 14.7. The lowest BCUT2D eigenvalue weighted by atomic mass is 10.1. The van der Waals surface area contributed by atoms with E-state index in [1.54, 1.807) is 48.5 Å². The van der Waals surface area contributed by atoms with E-state index in [1.165, 1.54) is 47.3 Å². The fourth-order valence-corrected chi connectivity index (χ4v) is 9.92. The predicted molar refractivity (Wildman–Crippen MR) is 368 cm³/mol. The van der Waals surface area contributed by atoms with E-state index in [0.717, 1.165) is 27.3 Å². The predicted octanol–water partition coefficient (Wildman–Crippen LogP) is 8.13. The molecule has 0 fully saturated rings. The van der Waals surface area contributed by atoms with Crippen LogP contribution in [0.2, 0.25) is 0 Å². The average Bonchev–Trinajstić information content (AvgIpc) is 0.986. The van der Waals surface area contributed by atoms with Gasteiger partial charge in [0.1, 0.15) is 31.3 Å². The number of nitrogens with zero attached hydrogens (tertiary/aromatic N) is 6. The van der Waals surface area contributed by atoms with Gasteiger partial charge < -0.3 is 57.7 Å². The molecule has 0 saturated carbocycles. The summed E-state index contributed by atoms with van der Waals surface area (Å²) in [4.78, 5) is 112. The highest BCUT2D eigenvalue weighted by Crippen LogP contribution is 2.28. The van der Waals surface area contributed by atoms with E-state index in [1.807, 2.05) is 107 Å². The lowest BCUT2D eigenvalue weighted by Crippen LogP contribution is -2.35. The molecule has 502 valence electrons. The van der Waals surface area contributed by atoms with Crippen LogP contribution in [0.3, 0.4) is 0 Å². The van der Waals surface area contributed by atoms with Gasteiger partial charge in [-0.25, -0.2) is 14.8 Å². The molecule has 0 atom stereocenters. The van der Waals surface area contributed by atoms with Crippen molar-refractivity contribution < 1.29 is 43.3 Å². The van der Waals surface area contributed by atoms with E-state index in [2.05, 4.69) is 52.3 Å². The highest BCUT2D eigenvalue weighted by Gasteiger charge is 2.23. The largest absolute Gasteiger partial charge is 0.507 e. The molecule has 0 unspecified atom stereocenters. The van der Waals surface area contributed by atoms with Crippen LogP contribution in [-0.2, 0) is 60.2 Å². The zero-order valence-electron chi connectivity index (χ0n) is 53.6. The molecule has 3 heterocycles. The van der Waals surface area contributed by atoms with Crippen molar-refractivity contribution in [3.8, 4) is 28.3 Å². The van der Waals surface area contributed by atoms with Gasteiger partial charge in [0.2, 0.25) is 11.8 Å². The van der Waals surface area contributed by atoms with Crippen LogP contribution in [0.25, 0.3) is 33.5 Å². The van der Waals surface area contributed by atoms with Crippen molar-refractivity contribution in [2.24, 2.45) is 0 Å². The number of alkyl carbamates (subject to hydrolysis) is 1. The molecule has 10 aromatic rings. The van der Waals surface area contributed by atoms with Crippen molar-refractivity contribution in [3.05, 3.63) is 252 Å². The van der Waals surface area contributed by atoms with Crippen molar-refractivity contribution in [2.75, 3.05) is 22.1 Å². The third kappa shape index (κ3) is 18.6. The zero-order valence-corrected chi connectivity index (χ0v) is 53.6. The number of benzene rings is 7. The topological polar surface area (TPSA) is 414 Å². The first kappa shape index (κ1) is 69.3. The Morgan fingerprint density at radius 2 is 1.08 bits per heavy atom. The number of nitrogen functional groups attached to an aromatic ring is 2. The summed E-state index contributed by atoms with van der Waals surface area (Å²) in [6.45, 7) is 7.12. The molecule has 28 nitrogen and oxygen atoms in total. The van der Waals surface area contributed by atoms with Crippen LogP contribution in [0.15, 0.2) is 190 Å². The zero-order chi connectivity index (χ0) is 70.0. The number of hydrogen-bond acceptors (Lipinski definition) is 20. The van der Waals surface area contributed by atoms with Gasteiger partial charge in [0, 0.05) is 78.3 Å². The number of amidine groups is 1. The number of fused-ring (bicyclic) bond motifs is 1. The Morgan fingerprint density at radius 3 is 1.59 bits per heavy atom. The Hall–Kier alpha value is -13.0. The van der Waals surface area contributed by atoms with E-state index in [4.69, 9.17) is 26.1 Å². The molecule has 0 spiro atoms. The van der Waals surface area contributed by atoms with Crippen LogP contribution in [-0.4, -0.2) is 81.9 Å². The number of aromatic nitrogens is 5. The molecule has 0 radical (unpaired) electrons. The fraction of sp³-hybridized carbons (Fsp3) is 0.186. The number of carbonyl (C=O) groups excluding carboxylic acids is 5. The number of carbonyl (C=O) groups is 5. The maximum absolute atomic E-state index is 13.7. The molecule has 0 aliphatic rings. The van der Waals surface area contributed by atoms with Crippen LogP contribution in [0.4, 0.5) is 33.6 Å². The van der Waals surface area contributed by atoms with Gasteiger partial charge in [0.15, 0.2) is 23.0 Å². The first-order valence-electron chi connectivity index (χ1n) is 30.7. The monoisotopic (exact) mass is 1330 g/mol. The second-order valence-corrected chi connectivity index (χ2v) is 22.9. The summed E-state index contributed by atoms with van der Waals surface area (Å²) in [6.07, 6.45) is 1.93. The maximum Gasteiger partial charge on any atom is 0.413 e. The van der Waals surface area contributed by atoms with Gasteiger partial charge in [-0.1, -0.05) is 108 Å². The highest BCUT2D eigenvalue weighted by molar-refractivity contribution is 6.06. The van der Waals surface area contributed by atoms with Gasteiger partial charge in [0.05, 0.1) is 39.7 Å². The Balaban J connectivity index is 0.000000232. The molecule has 7 aromatic carbocycles. The molecule has 28 heteroatoms. The van der Waals surface area contributed by atoms with Crippen molar-refractivity contribution in [1.29, 1.82) is 5.41 Å².